The minimum absolute atomic E-state index is 0.548. The summed E-state index contributed by atoms with van der Waals surface area (Å²) in [6.45, 7) is 9.83. The number of nitrogens with zero attached hydrogens (tertiary/aromatic N) is 3. The zero-order valence-electron chi connectivity index (χ0n) is 11.1. The predicted molar refractivity (Wildman–Crippen MR) is 70.4 cm³/mol. The third kappa shape index (κ3) is 4.56. The van der Waals surface area contributed by atoms with Crippen molar-refractivity contribution in [3.8, 4) is 0 Å². The Bertz CT molecular complexity index is 349. The Hall–Kier alpha value is -1.36. The van der Waals surface area contributed by atoms with Crippen LogP contribution >= 0.6 is 0 Å². The van der Waals surface area contributed by atoms with E-state index in [0.717, 1.165) is 24.7 Å². The molecule has 96 valence electrons. The highest BCUT2D eigenvalue weighted by atomic mass is 16.3. The Labute approximate surface area is 103 Å². The van der Waals surface area contributed by atoms with Crippen LogP contribution in [0.1, 0.15) is 27.7 Å². The molecule has 0 fully saturated rings. The van der Waals surface area contributed by atoms with Crippen LogP contribution in [0.5, 0.6) is 0 Å². The Morgan fingerprint density at radius 3 is 2.59 bits per heavy atom. The number of likely N-dealkylation sites (N-methyl/N-ethyl adjacent to an activating group) is 1. The summed E-state index contributed by atoms with van der Waals surface area (Å²) in [5.41, 5.74) is -0.737. The highest BCUT2D eigenvalue weighted by Crippen LogP contribution is 2.16. The van der Waals surface area contributed by atoms with Gasteiger partial charge in [0.05, 0.1) is 5.60 Å². The van der Waals surface area contributed by atoms with E-state index in [1.807, 2.05) is 24.8 Å². The van der Waals surface area contributed by atoms with Crippen molar-refractivity contribution in [1.29, 1.82) is 0 Å². The van der Waals surface area contributed by atoms with E-state index in [1.165, 1.54) is 0 Å². The minimum atomic E-state index is -0.737. The van der Waals surface area contributed by atoms with Crippen LogP contribution in [-0.4, -0.2) is 40.3 Å². The first-order valence-corrected chi connectivity index (χ1v) is 5.99. The molecule has 0 amide bonds. The van der Waals surface area contributed by atoms with Gasteiger partial charge in [-0.2, -0.15) is 0 Å². The van der Waals surface area contributed by atoms with E-state index in [4.69, 9.17) is 0 Å². The lowest BCUT2D eigenvalue weighted by Crippen LogP contribution is -2.39. The molecule has 0 saturated carbocycles. The fourth-order valence-corrected chi connectivity index (χ4v) is 1.62. The van der Waals surface area contributed by atoms with Crippen molar-refractivity contribution < 1.29 is 5.11 Å². The molecule has 0 aromatic carbocycles. The van der Waals surface area contributed by atoms with Crippen LogP contribution in [-0.2, 0) is 0 Å². The number of hydrogen-bond donors (Lipinski definition) is 2. The number of rotatable bonds is 6. The van der Waals surface area contributed by atoms with E-state index in [-0.39, 0.29) is 0 Å². The van der Waals surface area contributed by atoms with Gasteiger partial charge >= 0.3 is 0 Å². The highest BCUT2D eigenvalue weighted by Gasteiger charge is 2.18. The summed E-state index contributed by atoms with van der Waals surface area (Å²) in [5, 5.41) is 13.0. The molecule has 5 nitrogen and oxygen atoms in total. The molecule has 2 N–H and O–H groups in total. The molecule has 1 heterocycles. The van der Waals surface area contributed by atoms with Gasteiger partial charge in [-0.3, -0.25) is 0 Å². The van der Waals surface area contributed by atoms with Crippen molar-refractivity contribution in [2.24, 2.45) is 0 Å². The molecule has 0 saturated heterocycles. The summed E-state index contributed by atoms with van der Waals surface area (Å²) in [7, 11) is 0. The number of aromatic nitrogens is 2. The van der Waals surface area contributed by atoms with Crippen LogP contribution in [0.4, 0.5) is 11.6 Å². The monoisotopic (exact) mass is 238 g/mol. The second-order valence-corrected chi connectivity index (χ2v) is 4.62. The predicted octanol–water partition coefficient (Wildman–Crippen LogP) is 1.51. The molecule has 0 bridgehead atoms. The lowest BCUT2D eigenvalue weighted by atomic mass is 10.1. The fraction of sp³-hybridized carbons (Fsp3) is 0.667. The summed E-state index contributed by atoms with van der Waals surface area (Å²) in [5.74, 6) is 1.65. The van der Waals surface area contributed by atoms with E-state index in [2.05, 4.69) is 15.3 Å². The number of aliphatic hydroxyl groups is 1. The first-order chi connectivity index (χ1) is 7.96. The smallest absolute Gasteiger partial charge is 0.134 e. The Kier molecular flexibility index (Phi) is 4.69. The molecule has 0 aliphatic rings. The van der Waals surface area contributed by atoms with Gasteiger partial charge in [-0.25, -0.2) is 9.97 Å². The minimum Gasteiger partial charge on any atom is -0.389 e. The normalized spacial score (nSPS) is 11.4. The lowest BCUT2D eigenvalue weighted by Gasteiger charge is -2.29. The largest absolute Gasteiger partial charge is 0.389 e. The van der Waals surface area contributed by atoms with Crippen molar-refractivity contribution in [1.82, 2.24) is 9.97 Å². The second kappa shape index (κ2) is 5.82. The third-order valence-electron chi connectivity index (χ3n) is 2.29. The van der Waals surface area contributed by atoms with Gasteiger partial charge in [-0.1, -0.05) is 0 Å². The molecule has 1 aromatic heterocycles. The van der Waals surface area contributed by atoms with E-state index < -0.39 is 5.60 Å². The molecular weight excluding hydrogens is 216 g/mol. The van der Waals surface area contributed by atoms with Crippen LogP contribution in [0.2, 0.25) is 0 Å². The third-order valence-corrected chi connectivity index (χ3v) is 2.29. The summed E-state index contributed by atoms with van der Waals surface area (Å²) < 4.78 is 0. The van der Waals surface area contributed by atoms with Crippen LogP contribution in [0.3, 0.4) is 0 Å². The van der Waals surface area contributed by atoms with E-state index >= 15 is 0 Å². The van der Waals surface area contributed by atoms with Crippen molar-refractivity contribution in [2.75, 3.05) is 29.9 Å². The van der Waals surface area contributed by atoms with Gasteiger partial charge in [0.2, 0.25) is 0 Å². The molecule has 0 aliphatic carbocycles. The lowest BCUT2D eigenvalue weighted by molar-refractivity contribution is 0.0874. The van der Waals surface area contributed by atoms with Crippen LogP contribution in [0.15, 0.2) is 12.4 Å². The maximum atomic E-state index is 9.85. The summed E-state index contributed by atoms with van der Waals surface area (Å²) in [6.07, 6.45) is 1.54. The van der Waals surface area contributed by atoms with Gasteiger partial charge in [0.15, 0.2) is 0 Å². The maximum absolute atomic E-state index is 9.85. The van der Waals surface area contributed by atoms with Crippen LogP contribution < -0.4 is 10.2 Å². The quantitative estimate of drug-likeness (QED) is 0.786. The summed E-state index contributed by atoms with van der Waals surface area (Å²) in [6, 6.07) is 1.90. The van der Waals surface area contributed by atoms with Gasteiger partial charge < -0.3 is 15.3 Å². The number of hydrogen-bond acceptors (Lipinski definition) is 5. The van der Waals surface area contributed by atoms with Gasteiger partial charge in [0.1, 0.15) is 18.0 Å². The first-order valence-electron chi connectivity index (χ1n) is 5.99. The summed E-state index contributed by atoms with van der Waals surface area (Å²) in [4.78, 5) is 10.4. The molecular formula is C12H22N4O. The molecule has 0 radical (unpaired) electrons. The topological polar surface area (TPSA) is 61.3 Å². The molecule has 5 heteroatoms. The Balaban J connectivity index is 2.84. The second-order valence-electron chi connectivity index (χ2n) is 4.62. The standard InChI is InChI=1S/C12H22N4O/c1-5-13-10-7-11(15-9-14-10)16(6-2)8-12(3,4)17/h7,9,17H,5-6,8H2,1-4H3,(H,13,14,15). The van der Waals surface area contributed by atoms with Gasteiger partial charge in [0.25, 0.3) is 0 Å². The highest BCUT2D eigenvalue weighted by molar-refractivity contribution is 5.48. The van der Waals surface area contributed by atoms with Gasteiger partial charge in [-0.05, 0) is 27.7 Å². The maximum Gasteiger partial charge on any atom is 0.134 e. The van der Waals surface area contributed by atoms with E-state index in [9.17, 15) is 5.11 Å². The molecule has 1 rings (SSSR count). The van der Waals surface area contributed by atoms with Crippen molar-refractivity contribution in [3.05, 3.63) is 12.4 Å². The first kappa shape index (κ1) is 13.7. The fourth-order valence-electron chi connectivity index (χ4n) is 1.62. The Morgan fingerprint density at radius 2 is 2.06 bits per heavy atom. The Morgan fingerprint density at radius 1 is 1.35 bits per heavy atom. The van der Waals surface area contributed by atoms with E-state index in [1.54, 1.807) is 20.2 Å². The van der Waals surface area contributed by atoms with Gasteiger partial charge in [0, 0.05) is 25.7 Å². The van der Waals surface area contributed by atoms with Crippen LogP contribution in [0, 0.1) is 0 Å². The SMILES string of the molecule is CCNc1cc(N(CC)CC(C)(C)O)ncn1. The van der Waals surface area contributed by atoms with Gasteiger partial charge in [-0.15, -0.1) is 0 Å². The summed E-state index contributed by atoms with van der Waals surface area (Å²) >= 11 is 0. The molecule has 0 atom stereocenters. The van der Waals surface area contributed by atoms with E-state index in [0.29, 0.717) is 6.54 Å². The van der Waals surface area contributed by atoms with Crippen molar-refractivity contribution in [3.63, 3.8) is 0 Å². The zero-order valence-corrected chi connectivity index (χ0v) is 11.1. The molecule has 1 aromatic rings. The molecule has 0 spiro atoms. The molecule has 0 aliphatic heterocycles. The van der Waals surface area contributed by atoms with Crippen molar-refractivity contribution in [2.45, 2.75) is 33.3 Å². The molecule has 0 unspecified atom stereocenters. The number of nitrogens with one attached hydrogen (secondary N) is 1. The van der Waals surface area contributed by atoms with Crippen molar-refractivity contribution >= 4 is 11.6 Å². The van der Waals surface area contributed by atoms with Crippen LogP contribution in [0.25, 0.3) is 0 Å². The zero-order chi connectivity index (χ0) is 12.9. The molecule has 17 heavy (non-hydrogen) atoms. The average Bonchev–Trinajstić information content (AvgIpc) is 2.25. The average molecular weight is 238 g/mol. The number of anilines is 2.